The van der Waals surface area contributed by atoms with Crippen molar-refractivity contribution in [2.45, 2.75) is 59.2 Å². The largest absolute Gasteiger partial charge is 0.493 e. The Morgan fingerprint density at radius 3 is 2.05 bits per heavy atom. The van der Waals surface area contributed by atoms with Gasteiger partial charge in [-0.25, -0.2) is 14.6 Å². The fraction of sp³-hybridized carbons (Fsp3) is 0.286. The number of pyridine rings is 2. The predicted octanol–water partition coefficient (Wildman–Crippen LogP) is 8.59. The van der Waals surface area contributed by atoms with Gasteiger partial charge in [-0.05, 0) is 102 Å². The number of aromatic nitrogens is 2. The minimum Gasteiger partial charge on any atom is -0.493 e. The summed E-state index contributed by atoms with van der Waals surface area (Å²) in [5.74, 6) is -0.0765. The molecule has 5 aromatic rings. The van der Waals surface area contributed by atoms with Crippen LogP contribution in [0.4, 0.5) is 32.5 Å². The number of hydrogen-bond donors (Lipinski definition) is 1. The second-order valence-corrected chi connectivity index (χ2v) is 14.9. The summed E-state index contributed by atoms with van der Waals surface area (Å²) in [4.78, 5) is 66.0. The molecule has 6 rings (SSSR count). The summed E-state index contributed by atoms with van der Waals surface area (Å²) in [7, 11) is 3.09. The van der Waals surface area contributed by atoms with Gasteiger partial charge in [0.1, 0.15) is 34.4 Å². The van der Waals surface area contributed by atoms with Crippen LogP contribution < -0.4 is 29.3 Å². The number of amides is 4. The Bertz CT molecular complexity index is 2260. The van der Waals surface area contributed by atoms with Gasteiger partial charge in [-0.3, -0.25) is 19.5 Å². The van der Waals surface area contributed by atoms with E-state index < -0.39 is 41.1 Å². The highest BCUT2D eigenvalue weighted by molar-refractivity contribution is 6.17. The Morgan fingerprint density at radius 1 is 0.786 bits per heavy atom. The van der Waals surface area contributed by atoms with Crippen molar-refractivity contribution in [2.75, 3.05) is 29.3 Å². The first-order valence-corrected chi connectivity index (χ1v) is 17.8. The van der Waals surface area contributed by atoms with E-state index in [1.165, 1.54) is 11.1 Å². The van der Waals surface area contributed by atoms with Crippen LogP contribution in [-0.2, 0) is 25.5 Å². The third-order valence-corrected chi connectivity index (χ3v) is 8.42. The van der Waals surface area contributed by atoms with E-state index in [1.807, 2.05) is 0 Å². The summed E-state index contributed by atoms with van der Waals surface area (Å²) in [6.07, 6.45) is 1.21. The van der Waals surface area contributed by atoms with Gasteiger partial charge in [-0.2, -0.15) is 4.90 Å². The number of nitrogens with one attached hydrogen (secondary N) is 1. The summed E-state index contributed by atoms with van der Waals surface area (Å²) in [6.45, 7) is 10.1. The first-order chi connectivity index (χ1) is 26.5. The van der Waals surface area contributed by atoms with E-state index in [9.17, 15) is 19.2 Å². The van der Waals surface area contributed by atoms with Gasteiger partial charge in [0.2, 0.25) is 11.8 Å². The molecule has 3 heterocycles. The van der Waals surface area contributed by atoms with Crippen molar-refractivity contribution < 1.29 is 42.9 Å². The van der Waals surface area contributed by atoms with Crippen LogP contribution in [0.15, 0.2) is 91.3 Å². The molecule has 1 aliphatic rings. The molecule has 1 unspecified atom stereocenters. The zero-order valence-corrected chi connectivity index (χ0v) is 32.4. The van der Waals surface area contributed by atoms with E-state index in [2.05, 4.69) is 15.3 Å². The molecule has 3 aromatic carbocycles. The molecule has 1 atom stereocenters. The molecule has 56 heavy (non-hydrogen) atoms. The SMILES string of the molecule is COc1cc2nccc(Oc3ccc(NC(=O)C4Cc5ccc(N(C(=O)OC(C)(C)C)C(=O)OC(C)(C)C)cc5N(c5ccccc5)C4=O)nc3)c2cc1OC. The van der Waals surface area contributed by atoms with E-state index in [-0.39, 0.29) is 17.9 Å². The number of methoxy groups -OCH3 is 2. The van der Waals surface area contributed by atoms with Gasteiger partial charge in [0.05, 0.1) is 37.3 Å². The second-order valence-electron chi connectivity index (χ2n) is 14.9. The molecule has 0 radical (unpaired) electrons. The van der Waals surface area contributed by atoms with Crippen molar-refractivity contribution >= 4 is 57.8 Å². The summed E-state index contributed by atoms with van der Waals surface area (Å²) < 4.78 is 28.1. The maximum atomic E-state index is 14.3. The van der Waals surface area contributed by atoms with Crippen LogP contribution in [0.3, 0.4) is 0 Å². The highest BCUT2D eigenvalue weighted by Gasteiger charge is 2.40. The number of anilines is 4. The van der Waals surface area contributed by atoms with Gasteiger partial charge in [0, 0.05) is 23.3 Å². The topological polar surface area (TPSA) is 159 Å². The lowest BCUT2D eigenvalue weighted by Gasteiger charge is -2.35. The molecule has 0 aliphatic carbocycles. The number of carbonyl (C=O) groups is 4. The Kier molecular flexibility index (Phi) is 10.8. The van der Waals surface area contributed by atoms with Crippen LogP contribution in [0.2, 0.25) is 0 Å². The van der Waals surface area contributed by atoms with E-state index >= 15 is 0 Å². The molecule has 0 fully saturated rings. The Balaban J connectivity index is 1.26. The zero-order valence-electron chi connectivity index (χ0n) is 32.4. The quantitative estimate of drug-likeness (QED) is 0.151. The molecule has 0 saturated carbocycles. The number of rotatable bonds is 8. The highest BCUT2D eigenvalue weighted by Crippen LogP contribution is 2.40. The van der Waals surface area contributed by atoms with Crippen molar-refractivity contribution in [1.82, 2.24) is 9.97 Å². The minimum atomic E-state index is -1.14. The molecule has 0 saturated heterocycles. The Labute approximate surface area is 324 Å². The molecule has 14 heteroatoms. The predicted molar refractivity (Wildman–Crippen MR) is 210 cm³/mol. The van der Waals surface area contributed by atoms with Crippen LogP contribution in [0.25, 0.3) is 10.9 Å². The minimum absolute atomic E-state index is 0.0348. The molecule has 4 amide bonds. The van der Waals surface area contributed by atoms with Crippen LogP contribution in [-0.4, -0.2) is 59.4 Å². The number of para-hydroxylation sites is 1. The lowest BCUT2D eigenvalue weighted by molar-refractivity contribution is -0.130. The molecule has 14 nitrogen and oxygen atoms in total. The number of fused-ring (bicyclic) bond motifs is 2. The zero-order chi connectivity index (χ0) is 40.4. The third kappa shape index (κ3) is 8.65. The fourth-order valence-corrected chi connectivity index (χ4v) is 5.99. The number of benzene rings is 3. The van der Waals surface area contributed by atoms with Gasteiger partial charge < -0.3 is 29.0 Å². The first kappa shape index (κ1) is 39.0. The standard InChI is InChI=1S/C42H43N5O9/c1-41(2,3)55-39(50)47(40(51)56-42(4,5)6)27-15-14-25-20-30(38(49)46(32(25)21-27)26-12-10-9-11-13-26)37(48)45-36-17-16-28(24-44-36)54-33-18-19-43-31-23-35(53-8)34(52-7)22-29(31)33/h9-19,21-24,30H,20H2,1-8H3,(H,44,45,48). The smallest absolute Gasteiger partial charge is 0.424 e. The maximum absolute atomic E-state index is 14.3. The van der Waals surface area contributed by atoms with Gasteiger partial charge in [0.15, 0.2) is 11.5 Å². The number of carbonyl (C=O) groups excluding carboxylic acids is 4. The number of hydrogen-bond acceptors (Lipinski definition) is 11. The van der Waals surface area contributed by atoms with Crippen molar-refractivity contribution in [2.24, 2.45) is 5.92 Å². The number of ether oxygens (including phenoxy) is 5. The molecule has 2 aromatic heterocycles. The summed E-state index contributed by atoms with van der Waals surface area (Å²) in [6, 6.07) is 22.0. The lowest BCUT2D eigenvalue weighted by Crippen LogP contribution is -2.45. The average Bonchev–Trinajstić information content (AvgIpc) is 3.13. The third-order valence-electron chi connectivity index (χ3n) is 8.42. The van der Waals surface area contributed by atoms with Crippen molar-refractivity contribution in [3.63, 3.8) is 0 Å². The van der Waals surface area contributed by atoms with Crippen LogP contribution in [0.1, 0.15) is 47.1 Å². The molecular weight excluding hydrogens is 718 g/mol. The maximum Gasteiger partial charge on any atom is 0.424 e. The van der Waals surface area contributed by atoms with E-state index in [4.69, 9.17) is 23.7 Å². The lowest BCUT2D eigenvalue weighted by atomic mass is 9.90. The summed E-state index contributed by atoms with van der Waals surface area (Å²) >= 11 is 0. The normalized spacial score (nSPS) is 14.0. The second kappa shape index (κ2) is 15.6. The van der Waals surface area contributed by atoms with Gasteiger partial charge >= 0.3 is 12.2 Å². The molecule has 290 valence electrons. The van der Waals surface area contributed by atoms with Crippen molar-refractivity contribution in [3.05, 3.63) is 96.8 Å². The molecule has 0 bridgehead atoms. The van der Waals surface area contributed by atoms with Crippen molar-refractivity contribution in [3.8, 4) is 23.0 Å². The van der Waals surface area contributed by atoms with Gasteiger partial charge in [-0.1, -0.05) is 24.3 Å². The summed E-state index contributed by atoms with van der Waals surface area (Å²) in [5, 5.41) is 3.46. The first-order valence-electron chi connectivity index (χ1n) is 17.8. The van der Waals surface area contributed by atoms with E-state index in [1.54, 1.807) is 141 Å². The number of nitrogens with zero attached hydrogens (tertiary/aromatic N) is 4. The molecule has 1 N–H and O–H groups in total. The number of imide groups is 1. The van der Waals surface area contributed by atoms with Gasteiger partial charge in [0.25, 0.3) is 0 Å². The molecule has 1 aliphatic heterocycles. The van der Waals surface area contributed by atoms with Crippen LogP contribution in [0.5, 0.6) is 23.0 Å². The molecule has 0 spiro atoms. The highest BCUT2D eigenvalue weighted by atomic mass is 16.6. The Hall–Kier alpha value is -6.70. The molecular formula is C42H43N5O9. The fourth-order valence-electron chi connectivity index (χ4n) is 5.99. The summed E-state index contributed by atoms with van der Waals surface area (Å²) in [5.41, 5.74) is 0.417. The average molecular weight is 762 g/mol. The monoisotopic (exact) mass is 761 g/mol. The van der Waals surface area contributed by atoms with Crippen molar-refractivity contribution in [1.29, 1.82) is 0 Å². The van der Waals surface area contributed by atoms with Crippen LogP contribution in [0, 0.1) is 5.92 Å². The van der Waals surface area contributed by atoms with E-state index in [0.29, 0.717) is 50.8 Å². The van der Waals surface area contributed by atoms with Gasteiger partial charge in [-0.15, -0.1) is 0 Å². The Morgan fingerprint density at radius 2 is 1.45 bits per heavy atom. The van der Waals surface area contributed by atoms with E-state index in [0.717, 1.165) is 4.90 Å². The van der Waals surface area contributed by atoms with Crippen LogP contribution >= 0.6 is 0 Å².